The van der Waals surface area contributed by atoms with E-state index in [-0.39, 0.29) is 35.5 Å². The van der Waals surface area contributed by atoms with E-state index in [4.69, 9.17) is 11.6 Å². The number of carbonyl (C=O) groups is 1. The van der Waals surface area contributed by atoms with Gasteiger partial charge in [-0.25, -0.2) is 13.2 Å². The average molecular weight is 424 g/mol. The maximum absolute atomic E-state index is 13.9. The number of hydrogen-bond donors (Lipinski definition) is 1. The number of rotatable bonds is 7. The van der Waals surface area contributed by atoms with Gasteiger partial charge in [0, 0.05) is 34.5 Å². The fraction of sp³-hybridized carbons (Fsp3) is 0.316. The number of carbonyl (C=O) groups excluding carboxylic acids is 1. The third-order valence-electron chi connectivity index (χ3n) is 4.63. The Morgan fingerprint density at radius 3 is 2.76 bits per heavy atom. The van der Waals surface area contributed by atoms with Gasteiger partial charge in [-0.1, -0.05) is 17.7 Å². The van der Waals surface area contributed by atoms with E-state index in [1.54, 1.807) is 18.3 Å². The molecule has 0 spiro atoms. The standard InChI is InChI=1S/C19H17ClF3N5O/c20-13-2-1-3-14(21)12(13)9-27-7-6-17(26-27)24-18(29)10-28-16(11-4-5-11)8-15(25-28)19(22)23/h1-3,6-8,11,19H,4-5,9-10H2,(H,24,26,29). The van der Waals surface area contributed by atoms with Crippen molar-refractivity contribution in [3.8, 4) is 0 Å². The Morgan fingerprint density at radius 2 is 2.07 bits per heavy atom. The zero-order valence-corrected chi connectivity index (χ0v) is 15.9. The van der Waals surface area contributed by atoms with Crippen LogP contribution in [-0.4, -0.2) is 25.5 Å². The molecule has 0 saturated heterocycles. The third-order valence-corrected chi connectivity index (χ3v) is 4.99. The first-order chi connectivity index (χ1) is 13.9. The van der Waals surface area contributed by atoms with Crippen LogP contribution in [-0.2, 0) is 17.9 Å². The van der Waals surface area contributed by atoms with Crippen molar-refractivity contribution in [2.45, 2.75) is 38.3 Å². The first-order valence-corrected chi connectivity index (χ1v) is 9.40. The molecule has 1 aliphatic rings. The summed E-state index contributed by atoms with van der Waals surface area (Å²) in [6.07, 6.45) is 0.701. The molecular weight excluding hydrogens is 407 g/mol. The van der Waals surface area contributed by atoms with E-state index in [9.17, 15) is 18.0 Å². The summed E-state index contributed by atoms with van der Waals surface area (Å²) in [6, 6.07) is 7.33. The van der Waals surface area contributed by atoms with Crippen molar-refractivity contribution in [2.24, 2.45) is 0 Å². The van der Waals surface area contributed by atoms with E-state index in [1.165, 1.54) is 27.6 Å². The minimum atomic E-state index is -2.68. The van der Waals surface area contributed by atoms with Crippen molar-refractivity contribution < 1.29 is 18.0 Å². The average Bonchev–Trinajstić information content (AvgIpc) is 3.27. The molecule has 1 saturated carbocycles. The molecule has 1 aromatic carbocycles. The molecule has 0 bridgehead atoms. The lowest BCUT2D eigenvalue weighted by atomic mass is 10.2. The van der Waals surface area contributed by atoms with Gasteiger partial charge >= 0.3 is 0 Å². The Bertz CT molecular complexity index is 1020. The van der Waals surface area contributed by atoms with E-state index in [0.29, 0.717) is 11.3 Å². The number of halogens is 4. The second-order valence-corrected chi connectivity index (χ2v) is 7.28. The summed E-state index contributed by atoms with van der Waals surface area (Å²) < 4.78 is 42.6. The highest BCUT2D eigenvalue weighted by Gasteiger charge is 2.30. The Kier molecular flexibility index (Phi) is 5.31. The van der Waals surface area contributed by atoms with Crippen LogP contribution in [0.15, 0.2) is 36.5 Å². The summed E-state index contributed by atoms with van der Waals surface area (Å²) in [5.41, 5.74) is 0.612. The van der Waals surface area contributed by atoms with Gasteiger partial charge in [0.05, 0.1) is 6.54 Å². The van der Waals surface area contributed by atoms with Crippen LogP contribution in [0, 0.1) is 5.82 Å². The summed E-state index contributed by atoms with van der Waals surface area (Å²) in [4.78, 5) is 12.3. The predicted molar refractivity (Wildman–Crippen MR) is 101 cm³/mol. The fourth-order valence-corrected chi connectivity index (χ4v) is 3.30. The van der Waals surface area contributed by atoms with Crippen LogP contribution in [0.4, 0.5) is 19.0 Å². The van der Waals surface area contributed by atoms with Crippen LogP contribution >= 0.6 is 11.6 Å². The van der Waals surface area contributed by atoms with Gasteiger partial charge in [-0.15, -0.1) is 0 Å². The molecule has 0 unspecified atom stereocenters. The molecular formula is C19H17ClF3N5O. The molecule has 2 aromatic heterocycles. The second-order valence-electron chi connectivity index (χ2n) is 6.87. The summed E-state index contributed by atoms with van der Waals surface area (Å²) in [6.45, 7) is -0.0886. The smallest absolute Gasteiger partial charge is 0.282 e. The molecule has 3 aromatic rings. The first-order valence-electron chi connectivity index (χ1n) is 9.02. The number of aromatic nitrogens is 4. The van der Waals surface area contributed by atoms with E-state index >= 15 is 0 Å². The summed E-state index contributed by atoms with van der Waals surface area (Å²) in [7, 11) is 0. The van der Waals surface area contributed by atoms with Gasteiger partial charge < -0.3 is 5.32 Å². The molecule has 152 valence electrons. The summed E-state index contributed by atoms with van der Waals surface area (Å²) in [5.74, 6) is -0.450. The highest BCUT2D eigenvalue weighted by molar-refractivity contribution is 6.31. The molecule has 1 aliphatic carbocycles. The molecule has 1 N–H and O–H groups in total. The molecule has 6 nitrogen and oxygen atoms in total. The molecule has 4 rings (SSSR count). The van der Waals surface area contributed by atoms with Crippen LogP contribution in [0.25, 0.3) is 0 Å². The number of alkyl halides is 2. The highest BCUT2D eigenvalue weighted by Crippen LogP contribution is 2.41. The maximum atomic E-state index is 13.9. The van der Waals surface area contributed by atoms with Crippen molar-refractivity contribution in [1.29, 1.82) is 0 Å². The van der Waals surface area contributed by atoms with Gasteiger partial charge in [0.15, 0.2) is 5.82 Å². The number of nitrogens with zero attached hydrogens (tertiary/aromatic N) is 4. The number of nitrogens with one attached hydrogen (secondary N) is 1. The van der Waals surface area contributed by atoms with E-state index in [2.05, 4.69) is 15.5 Å². The van der Waals surface area contributed by atoms with Gasteiger partial charge in [-0.2, -0.15) is 10.2 Å². The van der Waals surface area contributed by atoms with Crippen molar-refractivity contribution in [1.82, 2.24) is 19.6 Å². The molecule has 1 amide bonds. The van der Waals surface area contributed by atoms with Gasteiger partial charge in [0.2, 0.25) is 5.91 Å². The largest absolute Gasteiger partial charge is 0.308 e. The first kappa shape index (κ1) is 19.5. The predicted octanol–water partition coefficient (Wildman–Crippen LogP) is 4.37. The number of hydrogen-bond acceptors (Lipinski definition) is 3. The van der Waals surface area contributed by atoms with E-state index in [0.717, 1.165) is 12.8 Å². The van der Waals surface area contributed by atoms with E-state index in [1.807, 2.05) is 0 Å². The van der Waals surface area contributed by atoms with Crippen LogP contribution in [0.2, 0.25) is 5.02 Å². The van der Waals surface area contributed by atoms with Gasteiger partial charge in [-0.05, 0) is 31.0 Å². The number of amides is 1. The SMILES string of the molecule is O=C(Cn1nc(C(F)F)cc1C1CC1)Nc1ccn(Cc2c(F)cccc2Cl)n1. The Balaban J connectivity index is 1.42. The monoisotopic (exact) mass is 423 g/mol. The summed E-state index contributed by atoms with van der Waals surface area (Å²) >= 11 is 6.02. The van der Waals surface area contributed by atoms with Gasteiger partial charge in [0.25, 0.3) is 6.43 Å². The highest BCUT2D eigenvalue weighted by atomic mass is 35.5. The van der Waals surface area contributed by atoms with Crippen LogP contribution < -0.4 is 5.32 Å². The van der Waals surface area contributed by atoms with Crippen molar-refractivity contribution >= 4 is 23.3 Å². The van der Waals surface area contributed by atoms with Crippen LogP contribution in [0.1, 0.15) is 42.1 Å². The molecule has 10 heteroatoms. The van der Waals surface area contributed by atoms with Gasteiger partial charge in [-0.3, -0.25) is 14.2 Å². The molecule has 2 heterocycles. The van der Waals surface area contributed by atoms with Crippen molar-refractivity contribution in [3.63, 3.8) is 0 Å². The minimum absolute atomic E-state index is 0.101. The topological polar surface area (TPSA) is 64.7 Å². The van der Waals surface area contributed by atoms with E-state index < -0.39 is 18.1 Å². The molecule has 0 radical (unpaired) electrons. The lowest BCUT2D eigenvalue weighted by Gasteiger charge is -2.07. The van der Waals surface area contributed by atoms with Crippen LogP contribution in [0.5, 0.6) is 0 Å². The minimum Gasteiger partial charge on any atom is -0.308 e. The number of anilines is 1. The van der Waals surface area contributed by atoms with Gasteiger partial charge in [0.1, 0.15) is 18.1 Å². The Labute approximate surface area is 169 Å². The fourth-order valence-electron chi connectivity index (χ4n) is 3.07. The second kappa shape index (κ2) is 7.90. The summed E-state index contributed by atoms with van der Waals surface area (Å²) in [5, 5.41) is 10.9. The van der Waals surface area contributed by atoms with Crippen LogP contribution in [0.3, 0.4) is 0 Å². The lowest BCUT2D eigenvalue weighted by molar-refractivity contribution is -0.117. The maximum Gasteiger partial charge on any atom is 0.282 e. The molecule has 29 heavy (non-hydrogen) atoms. The molecule has 0 aliphatic heterocycles. The molecule has 1 fully saturated rings. The quantitative estimate of drug-likeness (QED) is 0.613. The Morgan fingerprint density at radius 1 is 1.28 bits per heavy atom. The zero-order valence-electron chi connectivity index (χ0n) is 15.2. The normalized spacial score (nSPS) is 13.8. The Hall–Kier alpha value is -2.81. The lowest BCUT2D eigenvalue weighted by Crippen LogP contribution is -2.21. The van der Waals surface area contributed by atoms with Crippen molar-refractivity contribution in [2.75, 3.05) is 5.32 Å². The molecule has 0 atom stereocenters. The zero-order chi connectivity index (χ0) is 20.5. The van der Waals surface area contributed by atoms with Crippen molar-refractivity contribution in [3.05, 3.63) is 64.3 Å². The third kappa shape index (κ3) is 4.45. The number of benzene rings is 1.